The van der Waals surface area contributed by atoms with Crippen LogP contribution in [0.2, 0.25) is 0 Å². The molecule has 0 N–H and O–H groups in total. The van der Waals surface area contributed by atoms with Gasteiger partial charge in [0.05, 0.1) is 0 Å². The Balaban J connectivity index is 0.000000616. The zero-order valence-electron chi connectivity index (χ0n) is 23.8. The summed E-state index contributed by atoms with van der Waals surface area (Å²) in [7, 11) is 0. The van der Waals surface area contributed by atoms with Crippen LogP contribution in [0.25, 0.3) is 43.8 Å². The Kier molecular flexibility index (Phi) is 19.5. The molecule has 0 saturated carbocycles. The van der Waals surface area contributed by atoms with Crippen LogP contribution in [0.15, 0.2) is 121 Å². The molecule has 0 atom stereocenters. The van der Waals surface area contributed by atoms with Gasteiger partial charge in [-0.05, 0) is 11.1 Å². The van der Waals surface area contributed by atoms with Crippen LogP contribution in [0.3, 0.4) is 0 Å². The van der Waals surface area contributed by atoms with Gasteiger partial charge in [-0.25, -0.2) is 0 Å². The fourth-order valence-corrected chi connectivity index (χ4v) is 4.51. The van der Waals surface area contributed by atoms with E-state index in [4.69, 9.17) is 0 Å². The summed E-state index contributed by atoms with van der Waals surface area (Å²) < 4.78 is 0. The zero-order chi connectivity index (χ0) is 27.9. The minimum atomic E-state index is 0. The first-order chi connectivity index (χ1) is 18.7. The van der Waals surface area contributed by atoms with Gasteiger partial charge in [0.15, 0.2) is 0 Å². The van der Waals surface area contributed by atoms with Gasteiger partial charge in [0.1, 0.15) is 0 Å². The van der Waals surface area contributed by atoms with E-state index in [1.54, 1.807) is 13.8 Å². The Bertz CT molecular complexity index is 1390. The van der Waals surface area contributed by atoms with Crippen LogP contribution >= 0.6 is 24.8 Å². The number of aryl methyl sites for hydroxylation is 2. The molecule has 0 spiro atoms. The third-order valence-electron chi connectivity index (χ3n) is 5.96. The molecule has 208 valence electrons. The third-order valence-corrected chi connectivity index (χ3v) is 5.96. The molecule has 0 unspecified atom stereocenters. The maximum absolute atomic E-state index is 3.25. The standard InChI is InChI=1S/2C16H13.2C2H5.2ClH.Si.Zr/c2*1-12-10-14-8-5-9-15(16(14)11-12)13-6-3-2-4-7-13;2*1-2;;;;/h2*2-11H,1H3;2*1H2,2H3;2*1H;;/q4*-1;;;;. The molecular formula is C36H38Cl2SiZr-4. The van der Waals surface area contributed by atoms with Crippen molar-refractivity contribution in [3.63, 3.8) is 0 Å². The summed E-state index contributed by atoms with van der Waals surface area (Å²) in [6.07, 6.45) is 0. The predicted molar refractivity (Wildman–Crippen MR) is 182 cm³/mol. The van der Waals surface area contributed by atoms with E-state index in [1.807, 2.05) is 0 Å². The van der Waals surface area contributed by atoms with Crippen molar-refractivity contribution in [2.24, 2.45) is 0 Å². The number of fused-ring (bicyclic) bond motifs is 2. The molecule has 0 aliphatic carbocycles. The number of halogens is 2. The van der Waals surface area contributed by atoms with Crippen molar-refractivity contribution in [2.45, 2.75) is 27.7 Å². The average Bonchev–Trinajstić information content (AvgIpc) is 3.58. The topological polar surface area (TPSA) is 0 Å². The van der Waals surface area contributed by atoms with Gasteiger partial charge in [-0.1, -0.05) is 97.8 Å². The summed E-state index contributed by atoms with van der Waals surface area (Å²) in [6, 6.07) is 43.1. The fourth-order valence-electron chi connectivity index (χ4n) is 4.51. The van der Waals surface area contributed by atoms with Crippen molar-refractivity contribution in [2.75, 3.05) is 0 Å². The van der Waals surface area contributed by atoms with Crippen molar-refractivity contribution < 1.29 is 23.3 Å². The minimum absolute atomic E-state index is 0. The number of hydrogen-bond donors (Lipinski definition) is 0. The summed E-state index contributed by atoms with van der Waals surface area (Å²) in [4.78, 5) is 0. The van der Waals surface area contributed by atoms with Crippen molar-refractivity contribution in [3.05, 3.63) is 146 Å². The molecule has 0 aromatic heterocycles. The third kappa shape index (κ3) is 10.0. The summed E-state index contributed by atoms with van der Waals surface area (Å²) in [6.45, 7) is 17.4. The number of hydrogen-bond acceptors (Lipinski definition) is 0. The summed E-state index contributed by atoms with van der Waals surface area (Å²) >= 11 is 1.36. The monoisotopic (exact) mass is 658 g/mol. The van der Waals surface area contributed by atoms with Crippen LogP contribution < -0.4 is 0 Å². The molecular weight excluding hydrogens is 623 g/mol. The van der Waals surface area contributed by atoms with Gasteiger partial charge in [-0.15, -0.1) is 93.9 Å². The Hall–Kier alpha value is -2.22. The first-order valence-electron chi connectivity index (χ1n) is 12.8. The van der Waals surface area contributed by atoms with Crippen molar-refractivity contribution >= 4 is 53.2 Å². The molecule has 0 amide bonds. The van der Waals surface area contributed by atoms with E-state index in [0.717, 1.165) is 0 Å². The quantitative estimate of drug-likeness (QED) is 0.128. The molecule has 6 aromatic rings. The van der Waals surface area contributed by atoms with Crippen LogP contribution in [0, 0.1) is 27.7 Å². The Morgan fingerprint density at radius 2 is 0.825 bits per heavy atom. The Morgan fingerprint density at radius 1 is 0.500 bits per heavy atom. The molecule has 40 heavy (non-hydrogen) atoms. The summed E-state index contributed by atoms with van der Waals surface area (Å²) in [5.41, 5.74) is 7.89. The van der Waals surface area contributed by atoms with Crippen LogP contribution in [0.1, 0.15) is 25.0 Å². The molecule has 6 aromatic carbocycles. The predicted octanol–water partition coefficient (Wildman–Crippen LogP) is 11.2. The van der Waals surface area contributed by atoms with Gasteiger partial charge in [-0.3, -0.25) is 0 Å². The van der Waals surface area contributed by atoms with Crippen molar-refractivity contribution in [1.29, 1.82) is 0 Å². The van der Waals surface area contributed by atoms with E-state index in [9.17, 15) is 0 Å². The Labute approximate surface area is 271 Å². The van der Waals surface area contributed by atoms with Crippen LogP contribution in [0.4, 0.5) is 0 Å². The first-order valence-corrected chi connectivity index (χ1v) is 17.0. The van der Waals surface area contributed by atoms with Crippen molar-refractivity contribution in [1.82, 2.24) is 0 Å². The molecule has 4 heteroatoms. The molecule has 0 aliphatic rings. The van der Waals surface area contributed by atoms with Gasteiger partial charge in [0.2, 0.25) is 0 Å². The second kappa shape index (κ2) is 20.6. The van der Waals surface area contributed by atoms with Crippen LogP contribution in [-0.4, -0.2) is 6.88 Å². The normalized spacial score (nSPS) is 9.03. The molecule has 0 heterocycles. The van der Waals surface area contributed by atoms with Crippen LogP contribution in [0.5, 0.6) is 0 Å². The second-order valence-corrected chi connectivity index (χ2v) is 8.41. The molecule has 0 fully saturated rings. The molecule has 0 bridgehead atoms. The average molecular weight is 661 g/mol. The SMILES string of the molecule is Cc1cc2c(-c3ccccc3)cccc2[cH-]1.Cc1cc2c(-c3ccccc3)cccc2[cH-]1.Cl.Cl.[CH2-]C.[CH2-]C.[Si]=[Zr]. The van der Waals surface area contributed by atoms with E-state index in [0.29, 0.717) is 0 Å². The van der Waals surface area contributed by atoms with Gasteiger partial charge in [0, 0.05) is 0 Å². The van der Waals surface area contributed by atoms with Gasteiger partial charge in [0.25, 0.3) is 0 Å². The van der Waals surface area contributed by atoms with E-state index in [-0.39, 0.29) is 24.8 Å². The van der Waals surface area contributed by atoms with E-state index >= 15 is 0 Å². The number of benzene rings is 4. The first kappa shape index (κ1) is 37.8. The summed E-state index contributed by atoms with van der Waals surface area (Å²) in [5.74, 6) is 0. The molecule has 2 radical (unpaired) electrons. The second-order valence-electron chi connectivity index (χ2n) is 8.41. The van der Waals surface area contributed by atoms with Crippen molar-refractivity contribution in [3.8, 4) is 22.3 Å². The van der Waals surface area contributed by atoms with Gasteiger partial charge < -0.3 is 13.8 Å². The molecule has 0 aliphatic heterocycles. The molecule has 0 saturated heterocycles. The van der Waals surface area contributed by atoms with E-state index in [2.05, 4.69) is 156 Å². The zero-order valence-corrected chi connectivity index (χ0v) is 28.9. The fraction of sp³-hybridized carbons (Fsp3) is 0.111. The number of rotatable bonds is 2. The van der Waals surface area contributed by atoms with E-state index in [1.165, 1.54) is 78.3 Å². The summed E-state index contributed by atoms with van der Waals surface area (Å²) in [5, 5.41) is 5.37. The Morgan fingerprint density at radius 3 is 1.15 bits per heavy atom. The van der Waals surface area contributed by atoms with Gasteiger partial charge >= 0.3 is 30.2 Å². The maximum atomic E-state index is 3.25. The molecule has 0 nitrogen and oxygen atoms in total. The van der Waals surface area contributed by atoms with E-state index < -0.39 is 0 Å². The van der Waals surface area contributed by atoms with Gasteiger partial charge in [-0.2, -0.15) is 26.0 Å². The molecule has 6 rings (SSSR count). The van der Waals surface area contributed by atoms with Crippen LogP contribution in [-0.2, 0) is 23.3 Å².